The van der Waals surface area contributed by atoms with Crippen molar-refractivity contribution in [2.75, 3.05) is 39.6 Å². The summed E-state index contributed by atoms with van der Waals surface area (Å²) in [4.78, 5) is 73.0. The fourth-order valence-electron chi connectivity index (χ4n) is 12.4. The van der Waals surface area contributed by atoms with Gasteiger partial charge in [0.1, 0.15) is 19.3 Å². The van der Waals surface area contributed by atoms with Gasteiger partial charge in [0.25, 0.3) is 0 Å². The molecule has 0 aromatic heterocycles. The van der Waals surface area contributed by atoms with Gasteiger partial charge in [0, 0.05) is 25.7 Å². The summed E-state index contributed by atoms with van der Waals surface area (Å²) in [5.74, 6) is 0.203. The summed E-state index contributed by atoms with van der Waals surface area (Å²) in [5, 5.41) is 10.6. The number of rotatable bonds is 80. The molecule has 3 N–H and O–H groups in total. The number of aliphatic hydroxyl groups is 1. The number of aliphatic hydroxyl groups excluding tert-OH is 1. The Morgan fingerprint density at radius 3 is 0.864 bits per heavy atom. The van der Waals surface area contributed by atoms with Gasteiger partial charge in [-0.15, -0.1) is 0 Å². The summed E-state index contributed by atoms with van der Waals surface area (Å²) in [7, 11) is -9.94. The second-order valence-electron chi connectivity index (χ2n) is 30.7. The molecular weight excluding hydrogens is 1340 g/mol. The summed E-state index contributed by atoms with van der Waals surface area (Å²) < 4.78 is 68.7. The number of phosphoric acid groups is 2. The predicted octanol–water partition coefficient (Wildman–Crippen LogP) is 24.9. The molecule has 0 aliphatic heterocycles. The van der Waals surface area contributed by atoms with Crippen molar-refractivity contribution in [1.29, 1.82) is 0 Å². The minimum atomic E-state index is -4.97. The lowest BCUT2D eigenvalue weighted by atomic mass is 9.99. The molecule has 0 bridgehead atoms. The second kappa shape index (κ2) is 73.7. The summed E-state index contributed by atoms with van der Waals surface area (Å²) in [5.41, 5.74) is 0. The Morgan fingerprint density at radius 2 is 0.573 bits per heavy atom. The standard InChI is InChI=1S/C84H160O17P2/c1-8-10-11-12-13-14-15-16-21-29-34-39-44-53-60-67-83(88)100-79(71-94-81(86)65-58-51-43-38-33-28-23-20-18-17-19-22-27-32-37-42-50-57-64-77(7)9-2)73-98-102(90,91)96-69-78(85)70-97-103(92,93)99-74-80(72-95-82(87)66-59-52-47-46-49-56-63-76(5)6)101-84(89)68-61-54-45-40-35-30-25-24-26-31-36-41-48-55-62-75(3)4/h14-16,21,75-80,85H,8-13,17-20,22-74H2,1-7H3,(H,90,91)(H,92,93)/b15-14-,21-16-/t77?,78-,79-,80-/m1/s1. The molecule has 0 saturated carbocycles. The zero-order chi connectivity index (χ0) is 75.8. The first-order valence-electron chi connectivity index (χ1n) is 42.7. The Hall–Kier alpha value is -2.46. The predicted molar refractivity (Wildman–Crippen MR) is 423 cm³/mol. The van der Waals surface area contributed by atoms with Crippen molar-refractivity contribution in [3.8, 4) is 0 Å². The van der Waals surface area contributed by atoms with Gasteiger partial charge in [-0.25, -0.2) is 9.13 Å². The minimum absolute atomic E-state index is 0.0853. The average molecular weight is 1500 g/mol. The largest absolute Gasteiger partial charge is 0.472 e. The summed E-state index contributed by atoms with van der Waals surface area (Å²) in [6.07, 6.45) is 66.2. The van der Waals surface area contributed by atoms with Crippen molar-refractivity contribution in [3.63, 3.8) is 0 Å². The molecule has 0 aliphatic carbocycles. The molecule has 3 unspecified atom stereocenters. The number of carbonyl (C=O) groups excluding carboxylic acids is 4. The lowest BCUT2D eigenvalue weighted by Gasteiger charge is -2.21. The summed E-state index contributed by atoms with van der Waals surface area (Å²) in [6, 6.07) is 0. The van der Waals surface area contributed by atoms with Crippen molar-refractivity contribution in [3.05, 3.63) is 24.3 Å². The Bertz CT molecular complexity index is 2090. The number of unbranched alkanes of at least 4 members (excludes halogenated alkanes) is 44. The van der Waals surface area contributed by atoms with E-state index >= 15 is 0 Å². The van der Waals surface area contributed by atoms with Crippen LogP contribution in [0, 0.1) is 17.8 Å². The summed E-state index contributed by atoms with van der Waals surface area (Å²) >= 11 is 0. The van der Waals surface area contributed by atoms with Crippen molar-refractivity contribution in [2.24, 2.45) is 17.8 Å². The molecule has 0 radical (unpaired) electrons. The Kier molecular flexibility index (Phi) is 71.9. The smallest absolute Gasteiger partial charge is 0.462 e. The van der Waals surface area contributed by atoms with Gasteiger partial charge in [-0.3, -0.25) is 37.3 Å². The van der Waals surface area contributed by atoms with Gasteiger partial charge in [0.2, 0.25) is 0 Å². The van der Waals surface area contributed by atoms with Gasteiger partial charge in [0.15, 0.2) is 12.2 Å². The van der Waals surface area contributed by atoms with Crippen molar-refractivity contribution in [2.45, 2.75) is 433 Å². The third-order valence-electron chi connectivity index (χ3n) is 19.4. The van der Waals surface area contributed by atoms with E-state index in [2.05, 4.69) is 72.8 Å². The van der Waals surface area contributed by atoms with Crippen molar-refractivity contribution >= 4 is 39.5 Å². The molecule has 19 heteroatoms. The topological polar surface area (TPSA) is 237 Å². The molecule has 0 aliphatic rings. The van der Waals surface area contributed by atoms with E-state index in [-0.39, 0.29) is 25.7 Å². The first-order valence-corrected chi connectivity index (χ1v) is 45.7. The average Bonchev–Trinajstić information content (AvgIpc) is 0.917. The number of esters is 4. The SMILES string of the molecule is CCCCCC/C=C\C=C/CCCCCCCC(=O)O[C@H](COC(=O)CCCCCCCCCCCCCCCCCCCCC(C)CC)COP(=O)(O)OC[C@@H](O)COP(=O)(O)OC[C@@H](COC(=O)CCCCCCCCC(C)C)OC(=O)CCCCCCCCCCCCCCCCC(C)C. The Labute approximate surface area is 631 Å². The van der Waals surface area contributed by atoms with Crippen LogP contribution in [-0.4, -0.2) is 96.7 Å². The molecule has 0 saturated heterocycles. The van der Waals surface area contributed by atoms with Gasteiger partial charge in [0.05, 0.1) is 26.4 Å². The second-order valence-corrected chi connectivity index (χ2v) is 33.6. The van der Waals surface area contributed by atoms with E-state index in [0.717, 1.165) is 121 Å². The molecule has 0 aromatic carbocycles. The van der Waals surface area contributed by atoms with Gasteiger partial charge in [-0.05, 0) is 69.1 Å². The molecule has 0 rings (SSSR count). The van der Waals surface area contributed by atoms with Gasteiger partial charge in [-0.1, -0.05) is 362 Å². The van der Waals surface area contributed by atoms with E-state index in [1.54, 1.807) is 0 Å². The van der Waals surface area contributed by atoms with E-state index in [1.165, 1.54) is 205 Å². The number of ether oxygens (including phenoxy) is 4. The van der Waals surface area contributed by atoms with E-state index in [9.17, 15) is 43.2 Å². The number of carbonyl (C=O) groups is 4. The lowest BCUT2D eigenvalue weighted by Crippen LogP contribution is -2.30. The van der Waals surface area contributed by atoms with Crippen LogP contribution >= 0.6 is 15.6 Å². The van der Waals surface area contributed by atoms with E-state index < -0.39 is 97.5 Å². The molecule has 0 amide bonds. The number of phosphoric ester groups is 2. The van der Waals surface area contributed by atoms with Crippen LogP contribution in [0.2, 0.25) is 0 Å². The van der Waals surface area contributed by atoms with Crippen LogP contribution in [0.3, 0.4) is 0 Å². The first-order chi connectivity index (χ1) is 49.8. The highest BCUT2D eigenvalue weighted by Gasteiger charge is 2.30. The maximum Gasteiger partial charge on any atom is 0.472 e. The monoisotopic (exact) mass is 1500 g/mol. The zero-order valence-corrected chi connectivity index (χ0v) is 69.1. The third kappa shape index (κ3) is 76.1. The van der Waals surface area contributed by atoms with Crippen molar-refractivity contribution < 1.29 is 80.2 Å². The number of hydrogen-bond acceptors (Lipinski definition) is 15. The molecule has 0 heterocycles. The van der Waals surface area contributed by atoms with Crippen LogP contribution in [-0.2, 0) is 65.4 Å². The number of allylic oxidation sites excluding steroid dienone is 4. The van der Waals surface area contributed by atoms with Crippen LogP contribution < -0.4 is 0 Å². The Balaban J connectivity index is 5.21. The third-order valence-corrected chi connectivity index (χ3v) is 21.3. The maximum absolute atomic E-state index is 13.1. The fourth-order valence-corrected chi connectivity index (χ4v) is 14.0. The van der Waals surface area contributed by atoms with E-state index in [1.807, 2.05) is 0 Å². The normalized spacial score (nSPS) is 14.3. The fraction of sp³-hybridized carbons (Fsp3) is 0.905. The quantitative estimate of drug-likeness (QED) is 0.0169. The Morgan fingerprint density at radius 1 is 0.320 bits per heavy atom. The maximum atomic E-state index is 13.1. The molecular formula is C84H160O17P2. The highest BCUT2D eigenvalue weighted by atomic mass is 31.2. The molecule has 6 atom stereocenters. The molecule has 0 spiro atoms. The van der Waals surface area contributed by atoms with Gasteiger partial charge in [-0.2, -0.15) is 0 Å². The van der Waals surface area contributed by atoms with E-state index in [0.29, 0.717) is 31.6 Å². The van der Waals surface area contributed by atoms with Crippen molar-refractivity contribution in [1.82, 2.24) is 0 Å². The first kappa shape index (κ1) is 101. The van der Waals surface area contributed by atoms with E-state index in [4.69, 9.17) is 37.0 Å². The van der Waals surface area contributed by atoms with Crippen LogP contribution in [0.1, 0.15) is 414 Å². The van der Waals surface area contributed by atoms with Crippen LogP contribution in [0.4, 0.5) is 0 Å². The highest BCUT2D eigenvalue weighted by Crippen LogP contribution is 2.45. The van der Waals surface area contributed by atoms with Crippen LogP contribution in [0.25, 0.3) is 0 Å². The zero-order valence-electron chi connectivity index (χ0n) is 67.3. The summed E-state index contributed by atoms with van der Waals surface area (Å²) in [6.45, 7) is 11.9. The van der Waals surface area contributed by atoms with Crippen LogP contribution in [0.5, 0.6) is 0 Å². The number of hydrogen-bond donors (Lipinski definition) is 3. The highest BCUT2D eigenvalue weighted by molar-refractivity contribution is 7.47. The molecule has 608 valence electrons. The molecule has 103 heavy (non-hydrogen) atoms. The van der Waals surface area contributed by atoms with Gasteiger partial charge >= 0.3 is 39.5 Å². The molecule has 0 aromatic rings. The lowest BCUT2D eigenvalue weighted by molar-refractivity contribution is -0.161. The van der Waals surface area contributed by atoms with Crippen LogP contribution in [0.15, 0.2) is 24.3 Å². The molecule has 17 nitrogen and oxygen atoms in total. The minimum Gasteiger partial charge on any atom is -0.462 e. The molecule has 0 fully saturated rings. The van der Waals surface area contributed by atoms with Gasteiger partial charge < -0.3 is 33.8 Å².